The van der Waals surface area contributed by atoms with Crippen molar-refractivity contribution in [1.29, 1.82) is 0 Å². The van der Waals surface area contributed by atoms with Gasteiger partial charge in [0.25, 0.3) is 0 Å². The Balaban J connectivity index is 1.76. The maximum absolute atomic E-state index is 4.19. The van der Waals surface area contributed by atoms with Gasteiger partial charge in [-0.15, -0.1) is 11.8 Å². The first-order chi connectivity index (χ1) is 7.38. The van der Waals surface area contributed by atoms with Gasteiger partial charge in [-0.25, -0.2) is 9.97 Å². The predicted molar refractivity (Wildman–Crippen MR) is 64.3 cm³/mol. The summed E-state index contributed by atoms with van der Waals surface area (Å²) in [5, 5.41) is 4.38. The lowest BCUT2D eigenvalue weighted by Crippen LogP contribution is -2.15. The molecular weight excluding hydrogens is 206 g/mol. The summed E-state index contributed by atoms with van der Waals surface area (Å²) in [5.74, 6) is 1.91. The van der Waals surface area contributed by atoms with E-state index in [-0.39, 0.29) is 0 Å². The topological polar surface area (TPSA) is 37.8 Å². The summed E-state index contributed by atoms with van der Waals surface area (Å²) in [5.41, 5.74) is 0. The highest BCUT2D eigenvalue weighted by Crippen LogP contribution is 2.29. The summed E-state index contributed by atoms with van der Waals surface area (Å²) >= 11 is 1.65. The van der Waals surface area contributed by atoms with Crippen molar-refractivity contribution in [3.8, 4) is 0 Å². The molecule has 82 valence electrons. The van der Waals surface area contributed by atoms with Crippen molar-refractivity contribution < 1.29 is 0 Å². The van der Waals surface area contributed by atoms with Gasteiger partial charge >= 0.3 is 0 Å². The van der Waals surface area contributed by atoms with E-state index in [1.54, 1.807) is 18.1 Å². The first-order valence-electron chi connectivity index (χ1n) is 5.48. The van der Waals surface area contributed by atoms with Gasteiger partial charge in [-0.2, -0.15) is 0 Å². The van der Waals surface area contributed by atoms with E-state index in [1.807, 2.05) is 12.3 Å². The molecule has 1 aliphatic rings. The lowest BCUT2D eigenvalue weighted by molar-refractivity contribution is 0.303. The Hall–Kier alpha value is -0.770. The van der Waals surface area contributed by atoms with Crippen LogP contribution in [0.3, 0.4) is 0 Å². The molecule has 1 heterocycles. The summed E-state index contributed by atoms with van der Waals surface area (Å²) < 4.78 is 0. The largest absolute Gasteiger partial charge is 0.370 e. The average Bonchev–Trinajstić information content (AvgIpc) is 2.22. The molecule has 1 aliphatic carbocycles. The highest BCUT2D eigenvalue weighted by atomic mass is 32.2. The third-order valence-electron chi connectivity index (χ3n) is 2.93. The summed E-state index contributed by atoms with van der Waals surface area (Å²) in [6.45, 7) is 1.04. The zero-order chi connectivity index (χ0) is 10.5. The Morgan fingerprint density at radius 3 is 3.00 bits per heavy atom. The minimum Gasteiger partial charge on any atom is -0.370 e. The normalized spacial score (nSPS) is 16.1. The van der Waals surface area contributed by atoms with Gasteiger partial charge in [0, 0.05) is 12.6 Å². The fourth-order valence-electron chi connectivity index (χ4n) is 1.73. The lowest BCUT2D eigenvalue weighted by atomic mass is 9.83. The maximum atomic E-state index is 4.19. The maximum Gasteiger partial charge on any atom is 0.130 e. The molecule has 0 radical (unpaired) electrons. The van der Waals surface area contributed by atoms with E-state index >= 15 is 0 Å². The number of hydrogen-bond donors (Lipinski definition) is 1. The predicted octanol–water partition coefficient (Wildman–Crippen LogP) is 2.80. The quantitative estimate of drug-likeness (QED) is 0.615. The minimum atomic E-state index is 0.952. The van der Waals surface area contributed by atoms with Crippen molar-refractivity contribution >= 4 is 17.6 Å². The van der Waals surface area contributed by atoms with Crippen molar-refractivity contribution in [1.82, 2.24) is 9.97 Å². The number of aromatic nitrogens is 2. The Labute approximate surface area is 95.1 Å². The second-order valence-corrected chi connectivity index (χ2v) is 4.78. The van der Waals surface area contributed by atoms with Crippen LogP contribution in [0.1, 0.15) is 25.7 Å². The van der Waals surface area contributed by atoms with Gasteiger partial charge in [0.2, 0.25) is 0 Å². The van der Waals surface area contributed by atoms with Crippen molar-refractivity contribution in [2.24, 2.45) is 5.92 Å². The first-order valence-corrected chi connectivity index (χ1v) is 6.71. The molecule has 0 spiro atoms. The second-order valence-electron chi connectivity index (χ2n) is 3.96. The van der Waals surface area contributed by atoms with Crippen molar-refractivity contribution in [3.05, 3.63) is 12.4 Å². The first kappa shape index (κ1) is 10.7. The lowest BCUT2D eigenvalue weighted by Gasteiger charge is -2.25. The minimum absolute atomic E-state index is 0.952. The number of hydrogen-bond acceptors (Lipinski definition) is 4. The smallest absolute Gasteiger partial charge is 0.130 e. The Kier molecular flexibility index (Phi) is 3.83. The van der Waals surface area contributed by atoms with Crippen molar-refractivity contribution in [3.63, 3.8) is 0 Å². The Morgan fingerprint density at radius 1 is 1.47 bits per heavy atom. The summed E-state index contributed by atoms with van der Waals surface area (Å²) in [7, 11) is 0. The molecule has 0 aromatic carbocycles. The molecule has 1 fully saturated rings. The monoisotopic (exact) mass is 223 g/mol. The summed E-state index contributed by atoms with van der Waals surface area (Å²) in [4.78, 5) is 8.33. The van der Waals surface area contributed by atoms with Crippen LogP contribution in [0.4, 0.5) is 5.82 Å². The Morgan fingerprint density at radius 2 is 2.33 bits per heavy atom. The molecular formula is C11H17N3S. The van der Waals surface area contributed by atoms with E-state index in [1.165, 1.54) is 25.7 Å². The molecule has 1 aromatic rings. The van der Waals surface area contributed by atoms with E-state index in [0.717, 1.165) is 23.3 Å². The highest BCUT2D eigenvalue weighted by Gasteiger charge is 2.16. The number of rotatable bonds is 5. The van der Waals surface area contributed by atoms with Crippen LogP contribution in [-0.2, 0) is 0 Å². The van der Waals surface area contributed by atoms with Crippen LogP contribution >= 0.6 is 11.8 Å². The van der Waals surface area contributed by atoms with Gasteiger partial charge in [-0.3, -0.25) is 0 Å². The molecule has 0 unspecified atom stereocenters. The Bertz CT molecular complexity index is 312. The van der Waals surface area contributed by atoms with Crippen LogP contribution < -0.4 is 5.32 Å². The van der Waals surface area contributed by atoms with Crippen LogP contribution in [0.25, 0.3) is 0 Å². The third kappa shape index (κ3) is 3.09. The van der Waals surface area contributed by atoms with E-state index in [2.05, 4.69) is 15.3 Å². The van der Waals surface area contributed by atoms with Gasteiger partial charge in [0.15, 0.2) is 0 Å². The van der Waals surface area contributed by atoms with Gasteiger partial charge in [-0.05, 0) is 18.6 Å². The number of anilines is 1. The van der Waals surface area contributed by atoms with Crippen molar-refractivity contribution in [2.75, 3.05) is 18.1 Å². The van der Waals surface area contributed by atoms with Crippen LogP contribution in [-0.4, -0.2) is 22.8 Å². The fraction of sp³-hybridized carbons (Fsp3) is 0.636. The van der Waals surface area contributed by atoms with Crippen LogP contribution in [0.5, 0.6) is 0 Å². The molecule has 0 bridgehead atoms. The van der Waals surface area contributed by atoms with E-state index in [4.69, 9.17) is 0 Å². The van der Waals surface area contributed by atoms with Gasteiger partial charge in [0.05, 0.1) is 0 Å². The SMILES string of the molecule is CSc1cc(NCCC2CCC2)ncn1. The molecule has 0 aliphatic heterocycles. The second kappa shape index (κ2) is 5.35. The molecule has 1 N–H and O–H groups in total. The van der Waals surface area contributed by atoms with Gasteiger partial charge in [0.1, 0.15) is 17.2 Å². The molecule has 0 amide bonds. The molecule has 15 heavy (non-hydrogen) atoms. The van der Waals surface area contributed by atoms with E-state index < -0.39 is 0 Å². The fourth-order valence-corrected chi connectivity index (χ4v) is 2.12. The summed E-state index contributed by atoms with van der Waals surface area (Å²) in [6.07, 6.45) is 9.19. The van der Waals surface area contributed by atoms with E-state index in [9.17, 15) is 0 Å². The average molecular weight is 223 g/mol. The summed E-state index contributed by atoms with van der Waals surface area (Å²) in [6, 6.07) is 2.01. The molecule has 3 nitrogen and oxygen atoms in total. The van der Waals surface area contributed by atoms with Crippen molar-refractivity contribution in [2.45, 2.75) is 30.7 Å². The number of nitrogens with one attached hydrogen (secondary N) is 1. The highest BCUT2D eigenvalue weighted by molar-refractivity contribution is 7.98. The van der Waals surface area contributed by atoms with Crippen LogP contribution in [0.15, 0.2) is 17.4 Å². The third-order valence-corrected chi connectivity index (χ3v) is 3.58. The molecule has 1 aromatic heterocycles. The standard InChI is InChI=1S/C11H17N3S/c1-15-11-7-10(13-8-14-11)12-6-5-9-3-2-4-9/h7-9H,2-6H2,1H3,(H,12,13,14). The zero-order valence-electron chi connectivity index (χ0n) is 9.07. The van der Waals surface area contributed by atoms with Crippen LogP contribution in [0.2, 0.25) is 0 Å². The van der Waals surface area contributed by atoms with Gasteiger partial charge in [-0.1, -0.05) is 19.3 Å². The number of nitrogens with zero attached hydrogens (tertiary/aromatic N) is 2. The molecule has 4 heteroatoms. The molecule has 2 rings (SSSR count). The number of thioether (sulfide) groups is 1. The molecule has 0 atom stereocenters. The molecule has 0 saturated heterocycles. The van der Waals surface area contributed by atoms with Crippen LogP contribution in [0, 0.1) is 5.92 Å². The molecule has 1 saturated carbocycles. The van der Waals surface area contributed by atoms with Gasteiger partial charge < -0.3 is 5.32 Å². The van der Waals surface area contributed by atoms with E-state index in [0.29, 0.717) is 0 Å². The zero-order valence-corrected chi connectivity index (χ0v) is 9.89.